The zero-order valence-corrected chi connectivity index (χ0v) is 12.1. The smallest absolute Gasteiger partial charge is 0.361 e. The van der Waals surface area contributed by atoms with E-state index in [-0.39, 0.29) is 23.7 Å². The van der Waals surface area contributed by atoms with E-state index in [2.05, 4.69) is 31.3 Å². The monoisotopic (exact) mass is 345 g/mol. The predicted molar refractivity (Wildman–Crippen MR) is 72.2 cm³/mol. The van der Waals surface area contributed by atoms with Gasteiger partial charge >= 0.3 is 5.97 Å². The maximum atomic E-state index is 11.7. The van der Waals surface area contributed by atoms with Crippen molar-refractivity contribution in [1.82, 2.24) is 15.4 Å². The van der Waals surface area contributed by atoms with Crippen molar-refractivity contribution < 1.29 is 14.6 Å². The van der Waals surface area contributed by atoms with Crippen molar-refractivity contribution in [3.8, 4) is 17.0 Å². The topological polar surface area (TPSA) is 88.1 Å². The van der Waals surface area contributed by atoms with Gasteiger partial charge in [0.2, 0.25) is 0 Å². The lowest BCUT2D eigenvalue weighted by Crippen LogP contribution is -2.06. The lowest BCUT2D eigenvalue weighted by atomic mass is 10.1. The highest BCUT2D eigenvalue weighted by molar-refractivity contribution is 9.10. The first-order valence-corrected chi connectivity index (χ1v) is 6.48. The summed E-state index contributed by atoms with van der Waals surface area (Å²) in [6, 6.07) is 2.91. The Kier molecular flexibility index (Phi) is 4.06. The Morgan fingerprint density at radius 1 is 1.53 bits per heavy atom. The molecular weight excluding hydrogens is 337 g/mol. The molecular formula is C11H9BrClN3O3. The second-order valence-corrected chi connectivity index (χ2v) is 4.79. The van der Waals surface area contributed by atoms with Crippen LogP contribution < -0.4 is 0 Å². The van der Waals surface area contributed by atoms with Gasteiger partial charge in [0.25, 0.3) is 0 Å². The highest BCUT2D eigenvalue weighted by atomic mass is 79.9. The summed E-state index contributed by atoms with van der Waals surface area (Å²) in [6.07, 6.45) is 0. The summed E-state index contributed by atoms with van der Waals surface area (Å²) in [4.78, 5) is 11.7. The number of phenolic OH excluding ortho intramolecular Hbond substituents is 1. The van der Waals surface area contributed by atoms with Gasteiger partial charge in [-0.2, -0.15) is 10.3 Å². The normalized spacial score (nSPS) is 10.5. The van der Waals surface area contributed by atoms with Gasteiger partial charge in [0.15, 0.2) is 5.69 Å². The summed E-state index contributed by atoms with van der Waals surface area (Å²) in [7, 11) is 0. The van der Waals surface area contributed by atoms with Crippen LogP contribution in [0, 0.1) is 0 Å². The van der Waals surface area contributed by atoms with Crippen LogP contribution in [0.5, 0.6) is 5.75 Å². The average Bonchev–Trinajstić information content (AvgIpc) is 2.83. The molecule has 8 heteroatoms. The minimum Gasteiger partial charge on any atom is -0.507 e. The molecule has 0 radical (unpaired) electrons. The summed E-state index contributed by atoms with van der Waals surface area (Å²) < 4.78 is 5.40. The first-order chi connectivity index (χ1) is 9.04. The Labute approximate surface area is 121 Å². The number of ether oxygens (including phenoxy) is 1. The second kappa shape index (κ2) is 5.58. The van der Waals surface area contributed by atoms with E-state index in [4.69, 9.17) is 16.3 Å². The number of benzene rings is 1. The summed E-state index contributed by atoms with van der Waals surface area (Å²) in [5, 5.41) is 20.2. The van der Waals surface area contributed by atoms with E-state index in [1.807, 2.05) is 0 Å². The molecule has 1 aromatic heterocycles. The number of nitrogens with zero attached hydrogens (tertiary/aromatic N) is 2. The molecule has 0 aliphatic heterocycles. The van der Waals surface area contributed by atoms with E-state index in [1.54, 1.807) is 6.92 Å². The lowest BCUT2D eigenvalue weighted by molar-refractivity contribution is 0.0520. The van der Waals surface area contributed by atoms with Crippen molar-refractivity contribution in [2.24, 2.45) is 0 Å². The van der Waals surface area contributed by atoms with E-state index >= 15 is 0 Å². The standard InChI is InChI=1S/C11H9BrClN3O3/c1-2-19-11(18)10-9(14-16-15-10)5-3-7(13)6(12)4-8(5)17/h3-4,17H,2H2,1H3,(H,14,15,16). The molecule has 2 N–H and O–H groups in total. The van der Waals surface area contributed by atoms with Gasteiger partial charge in [-0.25, -0.2) is 4.79 Å². The number of hydrogen-bond donors (Lipinski definition) is 2. The zero-order chi connectivity index (χ0) is 14.0. The minimum atomic E-state index is -0.621. The number of halogens is 2. The third-order valence-corrected chi connectivity index (χ3v) is 3.51. The largest absolute Gasteiger partial charge is 0.507 e. The van der Waals surface area contributed by atoms with Crippen LogP contribution in [0.15, 0.2) is 16.6 Å². The lowest BCUT2D eigenvalue weighted by Gasteiger charge is -2.05. The number of phenols is 1. The number of rotatable bonds is 3. The van der Waals surface area contributed by atoms with Crippen LogP contribution in [0.4, 0.5) is 0 Å². The van der Waals surface area contributed by atoms with E-state index < -0.39 is 5.97 Å². The Bertz CT molecular complexity index is 630. The van der Waals surface area contributed by atoms with Crippen molar-refractivity contribution in [3.63, 3.8) is 0 Å². The third-order valence-electron chi connectivity index (χ3n) is 2.31. The summed E-state index contributed by atoms with van der Waals surface area (Å²) in [5.74, 6) is -0.694. The van der Waals surface area contributed by atoms with E-state index in [0.717, 1.165) is 0 Å². The second-order valence-electron chi connectivity index (χ2n) is 3.52. The molecule has 0 aliphatic carbocycles. The van der Waals surface area contributed by atoms with Crippen LogP contribution in [-0.2, 0) is 4.74 Å². The van der Waals surface area contributed by atoms with Crippen molar-refractivity contribution in [2.75, 3.05) is 6.61 Å². The van der Waals surface area contributed by atoms with E-state index in [1.165, 1.54) is 12.1 Å². The molecule has 0 unspecified atom stereocenters. The molecule has 19 heavy (non-hydrogen) atoms. The van der Waals surface area contributed by atoms with Gasteiger partial charge in [0, 0.05) is 10.0 Å². The first kappa shape index (κ1) is 13.8. The van der Waals surface area contributed by atoms with Gasteiger partial charge in [0.05, 0.1) is 11.6 Å². The highest BCUT2D eigenvalue weighted by Gasteiger charge is 2.22. The van der Waals surface area contributed by atoms with Gasteiger partial charge < -0.3 is 9.84 Å². The zero-order valence-electron chi connectivity index (χ0n) is 9.78. The van der Waals surface area contributed by atoms with Crippen molar-refractivity contribution in [3.05, 3.63) is 27.3 Å². The third kappa shape index (κ3) is 2.71. The van der Waals surface area contributed by atoms with Gasteiger partial charge in [-0.05, 0) is 35.0 Å². The molecule has 6 nitrogen and oxygen atoms in total. The Balaban J connectivity index is 2.51. The fraction of sp³-hybridized carbons (Fsp3) is 0.182. The molecule has 0 fully saturated rings. The number of nitrogens with one attached hydrogen (secondary N) is 1. The van der Waals surface area contributed by atoms with Gasteiger partial charge in [-0.15, -0.1) is 5.10 Å². The SMILES string of the molecule is CCOC(=O)c1n[nH]nc1-c1cc(Cl)c(Br)cc1O. The average molecular weight is 347 g/mol. The summed E-state index contributed by atoms with van der Waals surface area (Å²) in [5.41, 5.74) is 0.478. The number of aromatic hydroxyl groups is 1. The molecule has 0 saturated heterocycles. The van der Waals surface area contributed by atoms with Gasteiger partial charge in [-0.1, -0.05) is 11.6 Å². The number of aromatic nitrogens is 3. The van der Waals surface area contributed by atoms with Crippen LogP contribution in [0.25, 0.3) is 11.3 Å². The maximum Gasteiger partial charge on any atom is 0.361 e. The van der Waals surface area contributed by atoms with Crippen LogP contribution in [-0.4, -0.2) is 33.1 Å². The minimum absolute atomic E-state index is 0.00413. The van der Waals surface area contributed by atoms with E-state index in [9.17, 15) is 9.90 Å². The molecule has 1 heterocycles. The molecule has 0 bridgehead atoms. The van der Waals surface area contributed by atoms with Crippen LogP contribution >= 0.6 is 27.5 Å². The number of carbonyl (C=O) groups is 1. The molecule has 0 amide bonds. The van der Waals surface area contributed by atoms with E-state index in [0.29, 0.717) is 15.1 Å². The number of carbonyl (C=O) groups excluding carboxylic acids is 1. The van der Waals surface area contributed by atoms with Crippen LogP contribution in [0.2, 0.25) is 5.02 Å². The number of H-pyrrole nitrogens is 1. The Morgan fingerprint density at radius 3 is 2.95 bits per heavy atom. The van der Waals surface area contributed by atoms with Crippen LogP contribution in [0.1, 0.15) is 17.4 Å². The van der Waals surface area contributed by atoms with Crippen molar-refractivity contribution in [1.29, 1.82) is 0 Å². The molecule has 100 valence electrons. The predicted octanol–water partition coefficient (Wildman–Crippen LogP) is 2.77. The van der Waals surface area contributed by atoms with Crippen LogP contribution in [0.3, 0.4) is 0 Å². The van der Waals surface area contributed by atoms with Crippen molar-refractivity contribution in [2.45, 2.75) is 6.92 Å². The van der Waals surface area contributed by atoms with Gasteiger partial charge in [0.1, 0.15) is 11.4 Å². The summed E-state index contributed by atoms with van der Waals surface area (Å²) in [6.45, 7) is 1.91. The molecule has 0 saturated carbocycles. The fourth-order valence-corrected chi connectivity index (χ4v) is 1.98. The first-order valence-electron chi connectivity index (χ1n) is 5.30. The molecule has 1 aromatic carbocycles. The molecule has 0 spiro atoms. The number of aromatic amines is 1. The quantitative estimate of drug-likeness (QED) is 0.834. The molecule has 0 atom stereocenters. The highest BCUT2D eigenvalue weighted by Crippen LogP contribution is 2.36. The Morgan fingerprint density at radius 2 is 2.26 bits per heavy atom. The molecule has 0 aliphatic rings. The number of esters is 1. The molecule has 2 rings (SSSR count). The molecule has 2 aromatic rings. The number of hydrogen-bond acceptors (Lipinski definition) is 5. The van der Waals surface area contributed by atoms with Gasteiger partial charge in [-0.3, -0.25) is 0 Å². The maximum absolute atomic E-state index is 11.7. The fourth-order valence-electron chi connectivity index (χ4n) is 1.49. The Hall–Kier alpha value is -1.60. The van der Waals surface area contributed by atoms with Crippen molar-refractivity contribution >= 4 is 33.5 Å². The summed E-state index contributed by atoms with van der Waals surface area (Å²) >= 11 is 9.15.